The molecule has 1 aromatic carbocycles. The number of nitrogens with zero attached hydrogens (tertiary/aromatic N) is 1. The number of fused-ring (bicyclic) bond motifs is 1. The van der Waals surface area contributed by atoms with Crippen molar-refractivity contribution in [3.05, 3.63) is 23.8 Å². The second-order valence-electron chi connectivity index (χ2n) is 7.50. The van der Waals surface area contributed by atoms with Gasteiger partial charge in [0, 0.05) is 43.0 Å². The number of anilines is 2. The summed E-state index contributed by atoms with van der Waals surface area (Å²) in [5, 5.41) is 15.9. The summed E-state index contributed by atoms with van der Waals surface area (Å²) in [6, 6.07) is 7.09. The Hall–Kier alpha value is -1.75. The third-order valence-electron chi connectivity index (χ3n) is 5.90. The number of benzene rings is 1. The van der Waals surface area contributed by atoms with Crippen molar-refractivity contribution in [1.29, 1.82) is 0 Å². The van der Waals surface area contributed by atoms with Crippen molar-refractivity contribution < 1.29 is 9.90 Å². The number of carboxylic acids is 1. The maximum Gasteiger partial charge on any atom is 0.326 e. The molecule has 0 spiro atoms. The molecular formula is C19H27N3O2. The summed E-state index contributed by atoms with van der Waals surface area (Å²) in [5.41, 5.74) is 3.20. The molecule has 5 nitrogen and oxygen atoms in total. The van der Waals surface area contributed by atoms with Crippen LogP contribution in [0.15, 0.2) is 18.2 Å². The van der Waals surface area contributed by atoms with Crippen molar-refractivity contribution in [2.75, 3.05) is 23.7 Å². The van der Waals surface area contributed by atoms with E-state index in [2.05, 4.69) is 27.7 Å². The van der Waals surface area contributed by atoms with Crippen LogP contribution >= 0.6 is 0 Å². The molecule has 2 fully saturated rings. The van der Waals surface area contributed by atoms with Crippen molar-refractivity contribution in [3.8, 4) is 0 Å². The summed E-state index contributed by atoms with van der Waals surface area (Å²) in [4.78, 5) is 13.8. The molecule has 3 aliphatic rings. The highest BCUT2D eigenvalue weighted by atomic mass is 16.4. The summed E-state index contributed by atoms with van der Waals surface area (Å²) in [6.45, 7) is 2.41. The van der Waals surface area contributed by atoms with Crippen molar-refractivity contribution in [1.82, 2.24) is 4.90 Å². The minimum atomic E-state index is -0.778. The van der Waals surface area contributed by atoms with Gasteiger partial charge >= 0.3 is 5.97 Å². The lowest BCUT2D eigenvalue weighted by molar-refractivity contribution is -0.137. The van der Waals surface area contributed by atoms with E-state index in [-0.39, 0.29) is 0 Å². The lowest BCUT2D eigenvalue weighted by Gasteiger charge is -2.36. The van der Waals surface area contributed by atoms with Gasteiger partial charge in [0.15, 0.2) is 0 Å². The van der Waals surface area contributed by atoms with Crippen LogP contribution in [-0.4, -0.2) is 47.2 Å². The molecule has 0 bridgehead atoms. The Kier molecular flexibility index (Phi) is 4.35. The molecule has 0 amide bonds. The molecule has 0 aromatic heterocycles. The highest BCUT2D eigenvalue weighted by Gasteiger charge is 2.28. The number of likely N-dealkylation sites (tertiary alicyclic amines) is 1. The molecule has 0 radical (unpaired) electrons. The lowest BCUT2D eigenvalue weighted by Crippen LogP contribution is -2.43. The first-order chi connectivity index (χ1) is 11.7. The number of nitrogens with one attached hydrogen (secondary N) is 2. The third kappa shape index (κ3) is 3.22. The Morgan fingerprint density at radius 3 is 2.62 bits per heavy atom. The predicted octanol–water partition coefficient (Wildman–Crippen LogP) is 2.93. The van der Waals surface area contributed by atoms with Crippen molar-refractivity contribution in [2.24, 2.45) is 0 Å². The zero-order valence-electron chi connectivity index (χ0n) is 14.1. The van der Waals surface area contributed by atoms with Gasteiger partial charge in [0.25, 0.3) is 0 Å². The monoisotopic (exact) mass is 329 g/mol. The van der Waals surface area contributed by atoms with Crippen LogP contribution in [-0.2, 0) is 11.2 Å². The van der Waals surface area contributed by atoms with E-state index in [1.165, 1.54) is 51.6 Å². The first kappa shape index (κ1) is 15.8. The quantitative estimate of drug-likeness (QED) is 0.793. The Morgan fingerprint density at radius 1 is 1.17 bits per heavy atom. The third-order valence-corrected chi connectivity index (χ3v) is 5.90. The molecule has 5 heteroatoms. The number of hydrogen-bond donors (Lipinski definition) is 3. The van der Waals surface area contributed by atoms with Crippen LogP contribution in [0.25, 0.3) is 0 Å². The lowest BCUT2D eigenvalue weighted by atomic mass is 10.0. The van der Waals surface area contributed by atoms with E-state index >= 15 is 0 Å². The second kappa shape index (κ2) is 6.63. The van der Waals surface area contributed by atoms with Crippen LogP contribution in [0.3, 0.4) is 0 Å². The second-order valence-corrected chi connectivity index (χ2v) is 7.50. The fourth-order valence-corrected chi connectivity index (χ4v) is 4.51. The molecule has 3 N–H and O–H groups in total. The Bertz CT molecular complexity index is 605. The van der Waals surface area contributed by atoms with Crippen LogP contribution in [0.2, 0.25) is 0 Å². The zero-order chi connectivity index (χ0) is 16.5. The largest absolute Gasteiger partial charge is 0.480 e. The SMILES string of the molecule is O=C(O)C1Cc2cc(NC3CCN(C4CCCC4)CC3)ccc2N1. The van der Waals surface area contributed by atoms with E-state index in [4.69, 9.17) is 5.11 Å². The smallest absolute Gasteiger partial charge is 0.326 e. The van der Waals surface area contributed by atoms with Gasteiger partial charge in [-0.2, -0.15) is 0 Å². The fourth-order valence-electron chi connectivity index (χ4n) is 4.51. The fraction of sp³-hybridized carbons (Fsp3) is 0.632. The van der Waals surface area contributed by atoms with E-state index in [9.17, 15) is 4.79 Å². The molecule has 2 aliphatic heterocycles. The van der Waals surface area contributed by atoms with Crippen LogP contribution in [0.1, 0.15) is 44.1 Å². The normalized spacial score (nSPS) is 25.4. The molecule has 24 heavy (non-hydrogen) atoms. The number of aliphatic carboxylic acids is 1. The number of piperidine rings is 1. The molecule has 1 unspecified atom stereocenters. The van der Waals surface area contributed by atoms with Crippen molar-refractivity contribution >= 4 is 17.3 Å². The van der Waals surface area contributed by atoms with E-state index in [0.717, 1.165) is 23.0 Å². The molecule has 1 aliphatic carbocycles. The average Bonchev–Trinajstić information content (AvgIpc) is 3.25. The number of carbonyl (C=O) groups is 1. The van der Waals surface area contributed by atoms with Crippen LogP contribution in [0.5, 0.6) is 0 Å². The Balaban J connectivity index is 1.32. The molecule has 4 rings (SSSR count). The van der Waals surface area contributed by atoms with Gasteiger partial charge in [0.2, 0.25) is 0 Å². The van der Waals surface area contributed by atoms with Gasteiger partial charge in [-0.25, -0.2) is 4.79 Å². The van der Waals surface area contributed by atoms with E-state index < -0.39 is 12.0 Å². The van der Waals surface area contributed by atoms with Crippen molar-refractivity contribution in [2.45, 2.75) is 63.1 Å². The molecular weight excluding hydrogens is 302 g/mol. The molecule has 1 atom stereocenters. The summed E-state index contributed by atoms with van der Waals surface area (Å²) < 4.78 is 0. The first-order valence-electron chi connectivity index (χ1n) is 9.32. The van der Waals surface area contributed by atoms with Gasteiger partial charge in [-0.05, 0) is 49.4 Å². The molecule has 1 saturated heterocycles. The van der Waals surface area contributed by atoms with Gasteiger partial charge in [0.05, 0.1) is 0 Å². The standard InChI is InChI=1S/C19H27N3O2/c23-19(24)18-12-13-11-15(5-6-17(13)21-18)20-14-7-9-22(10-8-14)16-3-1-2-4-16/h5-6,11,14,16,18,20-21H,1-4,7-10,12H2,(H,23,24). The predicted molar refractivity (Wildman–Crippen MR) is 95.7 cm³/mol. The average molecular weight is 329 g/mol. The van der Waals surface area contributed by atoms with Gasteiger partial charge < -0.3 is 20.6 Å². The number of hydrogen-bond acceptors (Lipinski definition) is 4. The molecule has 130 valence electrons. The molecule has 2 heterocycles. The van der Waals surface area contributed by atoms with Gasteiger partial charge in [-0.3, -0.25) is 0 Å². The summed E-state index contributed by atoms with van der Waals surface area (Å²) in [5.74, 6) is -0.778. The maximum absolute atomic E-state index is 11.1. The first-order valence-corrected chi connectivity index (χ1v) is 9.32. The Labute approximate surface area is 143 Å². The Morgan fingerprint density at radius 2 is 1.92 bits per heavy atom. The van der Waals surface area contributed by atoms with E-state index in [0.29, 0.717) is 12.5 Å². The molecule has 1 saturated carbocycles. The van der Waals surface area contributed by atoms with Crippen LogP contribution in [0.4, 0.5) is 11.4 Å². The minimum absolute atomic E-state index is 0.482. The summed E-state index contributed by atoms with van der Waals surface area (Å²) >= 11 is 0. The topological polar surface area (TPSA) is 64.6 Å². The van der Waals surface area contributed by atoms with Gasteiger partial charge in [-0.15, -0.1) is 0 Å². The van der Waals surface area contributed by atoms with Crippen molar-refractivity contribution in [3.63, 3.8) is 0 Å². The summed E-state index contributed by atoms with van der Waals surface area (Å²) in [6.07, 6.45) is 8.56. The number of carboxylic acid groups (broad SMARTS) is 1. The van der Waals surface area contributed by atoms with Gasteiger partial charge in [-0.1, -0.05) is 12.8 Å². The number of rotatable bonds is 4. The van der Waals surface area contributed by atoms with E-state index in [1.807, 2.05) is 6.07 Å². The highest BCUT2D eigenvalue weighted by Crippen LogP contribution is 2.30. The van der Waals surface area contributed by atoms with Crippen LogP contribution < -0.4 is 10.6 Å². The van der Waals surface area contributed by atoms with Gasteiger partial charge in [0.1, 0.15) is 6.04 Å². The molecule has 1 aromatic rings. The highest BCUT2D eigenvalue weighted by molar-refractivity contribution is 5.81. The zero-order valence-corrected chi connectivity index (χ0v) is 14.1. The summed E-state index contributed by atoms with van der Waals surface area (Å²) in [7, 11) is 0. The minimum Gasteiger partial charge on any atom is -0.480 e. The van der Waals surface area contributed by atoms with Crippen LogP contribution in [0, 0.1) is 0 Å². The van der Waals surface area contributed by atoms with E-state index in [1.54, 1.807) is 0 Å². The maximum atomic E-state index is 11.1.